The molecule has 0 radical (unpaired) electrons. The Kier molecular flexibility index (Phi) is 4.11. The number of nitrogens with one attached hydrogen (secondary N) is 2. The summed E-state index contributed by atoms with van der Waals surface area (Å²) in [5.41, 5.74) is 6.12. The second kappa shape index (κ2) is 5.35. The first-order chi connectivity index (χ1) is 7.11. The molecule has 0 aromatic carbocycles. The maximum atomic E-state index is 11.4. The summed E-state index contributed by atoms with van der Waals surface area (Å²) in [6, 6.07) is 0. The number of nitrogens with two attached hydrogens (primary N) is 1. The van der Waals surface area contributed by atoms with Crippen LogP contribution in [0.2, 0.25) is 0 Å². The molecule has 0 saturated heterocycles. The highest BCUT2D eigenvalue weighted by Crippen LogP contribution is 2.05. The van der Waals surface area contributed by atoms with Crippen LogP contribution >= 0.6 is 0 Å². The smallest absolute Gasteiger partial charge is 0.271 e. The maximum absolute atomic E-state index is 11.4. The Balaban J connectivity index is 2.28. The van der Waals surface area contributed by atoms with E-state index in [9.17, 15) is 4.79 Å². The van der Waals surface area contributed by atoms with Crippen LogP contribution in [0.4, 0.5) is 5.69 Å². The fraction of sp³-hybridized carbons (Fsp3) is 0.556. The van der Waals surface area contributed by atoms with Crippen LogP contribution in [0.25, 0.3) is 0 Å². The zero-order valence-electron chi connectivity index (χ0n) is 8.66. The highest BCUT2D eigenvalue weighted by atomic mass is 16.3. The summed E-state index contributed by atoms with van der Waals surface area (Å²) in [5.74, 6) is -0.268. The summed E-state index contributed by atoms with van der Waals surface area (Å²) in [4.78, 5) is 11.4. The number of hydrogen-bond donors (Lipinski definition) is 4. The number of carbonyl (C=O) groups is 1. The Labute approximate surface area is 87.9 Å². The molecule has 6 heteroatoms. The van der Waals surface area contributed by atoms with E-state index in [4.69, 9.17) is 10.8 Å². The molecular formula is C9H16N4O2. The van der Waals surface area contributed by atoms with Gasteiger partial charge in [0.15, 0.2) is 0 Å². The molecule has 0 saturated carbocycles. The number of nitrogen functional groups attached to an aromatic ring is 1. The first-order valence-corrected chi connectivity index (χ1v) is 4.86. The Hall–Kier alpha value is -1.56. The van der Waals surface area contributed by atoms with Crippen molar-refractivity contribution in [3.8, 4) is 0 Å². The highest BCUT2D eigenvalue weighted by molar-refractivity contribution is 5.96. The van der Waals surface area contributed by atoms with Crippen molar-refractivity contribution in [2.75, 3.05) is 12.3 Å². The number of anilines is 1. The van der Waals surface area contributed by atoms with Crippen molar-refractivity contribution >= 4 is 11.6 Å². The minimum absolute atomic E-state index is 0.268. The Bertz CT molecular complexity index is 322. The van der Waals surface area contributed by atoms with Crippen LogP contribution in [-0.4, -0.2) is 33.9 Å². The van der Waals surface area contributed by atoms with Gasteiger partial charge in [-0.2, -0.15) is 5.10 Å². The molecule has 15 heavy (non-hydrogen) atoms. The molecule has 5 N–H and O–H groups in total. The SMILES string of the molecule is CC(O)CCCNC(=O)c1[nH]ncc1N. The zero-order chi connectivity index (χ0) is 11.3. The van der Waals surface area contributed by atoms with Crippen LogP contribution in [0.5, 0.6) is 0 Å². The minimum Gasteiger partial charge on any atom is -0.396 e. The largest absolute Gasteiger partial charge is 0.396 e. The predicted octanol–water partition coefficient (Wildman–Crippen LogP) is -0.117. The third kappa shape index (κ3) is 3.59. The van der Waals surface area contributed by atoms with Crippen LogP contribution < -0.4 is 11.1 Å². The molecule has 0 aliphatic rings. The zero-order valence-corrected chi connectivity index (χ0v) is 8.66. The molecule has 0 aliphatic carbocycles. The fourth-order valence-corrected chi connectivity index (χ4v) is 1.17. The quantitative estimate of drug-likeness (QED) is 0.511. The Morgan fingerprint density at radius 3 is 3.07 bits per heavy atom. The van der Waals surface area contributed by atoms with E-state index in [1.807, 2.05) is 0 Å². The molecule has 6 nitrogen and oxygen atoms in total. The molecule has 0 aliphatic heterocycles. The van der Waals surface area contributed by atoms with E-state index in [1.54, 1.807) is 6.92 Å². The number of aromatic amines is 1. The molecule has 0 fully saturated rings. The summed E-state index contributed by atoms with van der Waals surface area (Å²) in [6.07, 6.45) is 2.46. The molecule has 1 atom stereocenters. The van der Waals surface area contributed by atoms with Gasteiger partial charge in [0.1, 0.15) is 5.69 Å². The monoisotopic (exact) mass is 212 g/mol. The van der Waals surface area contributed by atoms with Crippen LogP contribution in [0.1, 0.15) is 30.3 Å². The fourth-order valence-electron chi connectivity index (χ4n) is 1.17. The lowest BCUT2D eigenvalue weighted by molar-refractivity contribution is 0.0945. The molecular weight excluding hydrogens is 196 g/mol. The summed E-state index contributed by atoms with van der Waals surface area (Å²) in [7, 11) is 0. The van der Waals surface area contributed by atoms with Gasteiger partial charge in [0.2, 0.25) is 0 Å². The topological polar surface area (TPSA) is 104 Å². The lowest BCUT2D eigenvalue weighted by Crippen LogP contribution is -2.26. The average molecular weight is 212 g/mol. The number of aromatic nitrogens is 2. The van der Waals surface area contributed by atoms with E-state index in [0.29, 0.717) is 18.7 Å². The van der Waals surface area contributed by atoms with Crippen LogP contribution in [0, 0.1) is 0 Å². The van der Waals surface area contributed by atoms with Gasteiger partial charge in [-0.3, -0.25) is 9.89 Å². The van der Waals surface area contributed by atoms with E-state index >= 15 is 0 Å². The van der Waals surface area contributed by atoms with Crippen molar-refractivity contribution in [2.24, 2.45) is 0 Å². The number of aliphatic hydroxyl groups excluding tert-OH is 1. The van der Waals surface area contributed by atoms with Crippen LogP contribution in [-0.2, 0) is 0 Å². The molecule has 1 aromatic rings. The number of hydrogen-bond acceptors (Lipinski definition) is 4. The normalized spacial score (nSPS) is 12.4. The van der Waals surface area contributed by atoms with Gasteiger partial charge in [0, 0.05) is 6.54 Å². The molecule has 1 amide bonds. The molecule has 0 bridgehead atoms. The van der Waals surface area contributed by atoms with Crippen molar-refractivity contribution in [3.63, 3.8) is 0 Å². The number of aliphatic hydroxyl groups is 1. The van der Waals surface area contributed by atoms with E-state index in [-0.39, 0.29) is 17.7 Å². The number of nitrogens with zero attached hydrogens (tertiary/aromatic N) is 1. The number of carbonyl (C=O) groups excluding carboxylic acids is 1. The third-order valence-electron chi connectivity index (χ3n) is 1.98. The van der Waals surface area contributed by atoms with E-state index in [2.05, 4.69) is 15.5 Å². The number of amides is 1. The third-order valence-corrected chi connectivity index (χ3v) is 1.98. The minimum atomic E-state index is -0.334. The van der Waals surface area contributed by atoms with Crippen molar-refractivity contribution in [1.29, 1.82) is 0 Å². The van der Waals surface area contributed by atoms with Gasteiger partial charge in [-0.25, -0.2) is 0 Å². The second-order valence-corrected chi connectivity index (χ2v) is 3.45. The first kappa shape index (κ1) is 11.5. The molecule has 0 spiro atoms. The van der Waals surface area contributed by atoms with Gasteiger partial charge in [0.05, 0.1) is 18.0 Å². The number of H-pyrrole nitrogens is 1. The summed E-state index contributed by atoms with van der Waals surface area (Å²) < 4.78 is 0. The Morgan fingerprint density at radius 1 is 1.80 bits per heavy atom. The van der Waals surface area contributed by atoms with Gasteiger partial charge >= 0.3 is 0 Å². The molecule has 1 rings (SSSR count). The summed E-state index contributed by atoms with van der Waals surface area (Å²) in [5, 5.41) is 17.8. The lowest BCUT2D eigenvalue weighted by atomic mass is 10.2. The van der Waals surface area contributed by atoms with Crippen molar-refractivity contribution < 1.29 is 9.90 Å². The second-order valence-electron chi connectivity index (χ2n) is 3.45. The van der Waals surface area contributed by atoms with E-state index < -0.39 is 0 Å². The number of rotatable bonds is 5. The molecule has 1 unspecified atom stereocenters. The highest BCUT2D eigenvalue weighted by Gasteiger charge is 2.10. The molecule has 1 aromatic heterocycles. The molecule has 1 heterocycles. The van der Waals surface area contributed by atoms with Gasteiger partial charge < -0.3 is 16.2 Å². The van der Waals surface area contributed by atoms with Gasteiger partial charge in [0.25, 0.3) is 5.91 Å². The first-order valence-electron chi connectivity index (χ1n) is 4.86. The van der Waals surface area contributed by atoms with Crippen molar-refractivity contribution in [1.82, 2.24) is 15.5 Å². The van der Waals surface area contributed by atoms with Gasteiger partial charge in [-0.15, -0.1) is 0 Å². The Morgan fingerprint density at radius 2 is 2.53 bits per heavy atom. The standard InChI is InChI=1S/C9H16N4O2/c1-6(14)3-2-4-11-9(15)8-7(10)5-12-13-8/h5-6,14H,2-4,10H2,1H3,(H,11,15)(H,12,13). The van der Waals surface area contributed by atoms with E-state index in [1.165, 1.54) is 6.20 Å². The van der Waals surface area contributed by atoms with Crippen molar-refractivity contribution in [2.45, 2.75) is 25.9 Å². The van der Waals surface area contributed by atoms with Crippen molar-refractivity contribution in [3.05, 3.63) is 11.9 Å². The molecule has 84 valence electrons. The van der Waals surface area contributed by atoms with Gasteiger partial charge in [-0.05, 0) is 19.8 Å². The van der Waals surface area contributed by atoms with Crippen LogP contribution in [0.3, 0.4) is 0 Å². The lowest BCUT2D eigenvalue weighted by Gasteiger charge is -2.05. The van der Waals surface area contributed by atoms with E-state index in [0.717, 1.165) is 6.42 Å². The predicted molar refractivity (Wildman–Crippen MR) is 56.2 cm³/mol. The summed E-state index contributed by atoms with van der Waals surface area (Å²) >= 11 is 0. The van der Waals surface area contributed by atoms with Crippen LogP contribution in [0.15, 0.2) is 6.20 Å². The van der Waals surface area contributed by atoms with Gasteiger partial charge in [-0.1, -0.05) is 0 Å². The maximum Gasteiger partial charge on any atom is 0.271 e. The average Bonchev–Trinajstić information content (AvgIpc) is 2.58. The summed E-state index contributed by atoms with van der Waals surface area (Å²) in [6.45, 7) is 2.23.